The van der Waals surface area contributed by atoms with Crippen molar-refractivity contribution in [1.29, 1.82) is 0 Å². The second kappa shape index (κ2) is 5.62. The molecule has 1 aliphatic heterocycles. The van der Waals surface area contributed by atoms with E-state index in [4.69, 9.17) is 9.26 Å². The van der Waals surface area contributed by atoms with Crippen molar-refractivity contribution in [2.45, 2.75) is 12.5 Å². The van der Waals surface area contributed by atoms with E-state index in [1.54, 1.807) is 17.2 Å². The van der Waals surface area contributed by atoms with Crippen LogP contribution in [0.2, 0.25) is 0 Å². The maximum atomic E-state index is 12.1. The predicted molar refractivity (Wildman–Crippen MR) is 73.4 cm³/mol. The monoisotopic (exact) mass is 337 g/mol. The van der Waals surface area contributed by atoms with Gasteiger partial charge in [-0.05, 0) is 28.1 Å². The van der Waals surface area contributed by atoms with Gasteiger partial charge in [-0.25, -0.2) is 4.98 Å². The van der Waals surface area contributed by atoms with Crippen molar-refractivity contribution in [3.8, 4) is 5.88 Å². The van der Waals surface area contributed by atoms with Crippen LogP contribution in [-0.2, 0) is 0 Å². The number of likely N-dealkylation sites (tertiary alicyclic amines) is 1. The molecule has 104 valence electrons. The number of carbonyl (C=O) groups excluding carboxylic acids is 1. The van der Waals surface area contributed by atoms with E-state index in [0.717, 1.165) is 10.9 Å². The van der Waals surface area contributed by atoms with Gasteiger partial charge in [-0.1, -0.05) is 5.16 Å². The average Bonchev–Trinajstić information content (AvgIpc) is 3.12. The van der Waals surface area contributed by atoms with E-state index in [9.17, 15) is 4.79 Å². The second-order valence-electron chi connectivity index (χ2n) is 4.45. The molecule has 6 nitrogen and oxygen atoms in total. The first-order valence-electron chi connectivity index (χ1n) is 6.21. The first kappa shape index (κ1) is 13.1. The molecule has 0 radical (unpaired) electrons. The molecule has 0 N–H and O–H groups in total. The Morgan fingerprint density at radius 3 is 3.10 bits per heavy atom. The standard InChI is InChI=1S/C13H12BrN3O3/c14-10-2-1-5-15-12(10)19-9-4-7-17(8-9)13(18)11-3-6-16-20-11/h1-3,5-6,9H,4,7-8H2. The van der Waals surface area contributed by atoms with Crippen molar-refractivity contribution in [3.63, 3.8) is 0 Å². The number of ether oxygens (including phenoxy) is 1. The van der Waals surface area contributed by atoms with Crippen LogP contribution >= 0.6 is 15.9 Å². The number of aromatic nitrogens is 2. The molecule has 0 saturated carbocycles. The Hall–Kier alpha value is -1.89. The normalized spacial score (nSPS) is 18.2. The van der Waals surface area contributed by atoms with Gasteiger partial charge in [0.1, 0.15) is 6.10 Å². The molecular weight excluding hydrogens is 326 g/mol. The van der Waals surface area contributed by atoms with Gasteiger partial charge >= 0.3 is 0 Å². The molecule has 0 spiro atoms. The van der Waals surface area contributed by atoms with Crippen LogP contribution in [0.5, 0.6) is 5.88 Å². The Morgan fingerprint density at radius 1 is 1.45 bits per heavy atom. The van der Waals surface area contributed by atoms with Crippen molar-refractivity contribution >= 4 is 21.8 Å². The number of hydrogen-bond acceptors (Lipinski definition) is 5. The van der Waals surface area contributed by atoms with Gasteiger partial charge in [0.25, 0.3) is 5.91 Å². The molecule has 3 heterocycles. The summed E-state index contributed by atoms with van der Waals surface area (Å²) in [6.07, 6.45) is 3.84. The molecule has 2 aromatic rings. The highest BCUT2D eigenvalue weighted by Crippen LogP contribution is 2.24. The highest BCUT2D eigenvalue weighted by molar-refractivity contribution is 9.10. The van der Waals surface area contributed by atoms with Crippen LogP contribution < -0.4 is 4.74 Å². The fraction of sp³-hybridized carbons (Fsp3) is 0.308. The Balaban J connectivity index is 1.63. The van der Waals surface area contributed by atoms with Gasteiger partial charge in [0, 0.05) is 25.2 Å². The molecule has 1 amide bonds. The Kier molecular flexibility index (Phi) is 3.68. The van der Waals surface area contributed by atoms with Crippen molar-refractivity contribution < 1.29 is 14.1 Å². The quantitative estimate of drug-likeness (QED) is 0.858. The van der Waals surface area contributed by atoms with Gasteiger partial charge in [0.05, 0.1) is 17.2 Å². The second-order valence-corrected chi connectivity index (χ2v) is 5.30. The van der Waals surface area contributed by atoms with Gasteiger partial charge in [0.15, 0.2) is 0 Å². The van der Waals surface area contributed by atoms with E-state index < -0.39 is 0 Å². The van der Waals surface area contributed by atoms with E-state index in [-0.39, 0.29) is 17.8 Å². The number of nitrogens with zero attached hydrogens (tertiary/aromatic N) is 3. The first-order chi connectivity index (χ1) is 9.74. The van der Waals surface area contributed by atoms with E-state index in [1.807, 2.05) is 12.1 Å². The van der Waals surface area contributed by atoms with Crippen molar-refractivity contribution in [2.75, 3.05) is 13.1 Å². The minimum absolute atomic E-state index is 0.0620. The Morgan fingerprint density at radius 2 is 2.35 bits per heavy atom. The van der Waals surface area contributed by atoms with Gasteiger partial charge in [-0.2, -0.15) is 0 Å². The summed E-state index contributed by atoms with van der Waals surface area (Å²) < 4.78 is 11.5. The van der Waals surface area contributed by atoms with E-state index >= 15 is 0 Å². The molecule has 1 unspecified atom stereocenters. The molecule has 1 aliphatic rings. The number of rotatable bonds is 3. The van der Waals surface area contributed by atoms with Crippen LogP contribution in [0.25, 0.3) is 0 Å². The molecule has 1 saturated heterocycles. The summed E-state index contributed by atoms with van der Waals surface area (Å²) in [5.41, 5.74) is 0. The van der Waals surface area contributed by atoms with Gasteiger partial charge in [-0.15, -0.1) is 0 Å². The SMILES string of the molecule is O=C(c1ccno1)N1CCC(Oc2ncccc2Br)C1. The van der Waals surface area contributed by atoms with Gasteiger partial charge in [0.2, 0.25) is 11.6 Å². The summed E-state index contributed by atoms with van der Waals surface area (Å²) in [6.45, 7) is 1.15. The van der Waals surface area contributed by atoms with E-state index in [2.05, 4.69) is 26.1 Å². The first-order valence-corrected chi connectivity index (χ1v) is 7.00. The summed E-state index contributed by atoms with van der Waals surface area (Å²) in [5, 5.41) is 3.54. The summed E-state index contributed by atoms with van der Waals surface area (Å²) in [4.78, 5) is 17.9. The lowest BCUT2D eigenvalue weighted by Crippen LogP contribution is -2.30. The lowest BCUT2D eigenvalue weighted by Gasteiger charge is -2.15. The molecule has 0 aromatic carbocycles. The highest BCUT2D eigenvalue weighted by Gasteiger charge is 2.30. The molecule has 7 heteroatoms. The van der Waals surface area contributed by atoms with Gasteiger partial charge < -0.3 is 14.2 Å². The third-order valence-electron chi connectivity index (χ3n) is 3.08. The molecule has 2 aromatic heterocycles. The van der Waals surface area contributed by atoms with Crippen LogP contribution in [0.1, 0.15) is 17.0 Å². The predicted octanol–water partition coefficient (Wildman–Crippen LogP) is 2.13. The highest BCUT2D eigenvalue weighted by atomic mass is 79.9. The summed E-state index contributed by atoms with van der Waals surface area (Å²) >= 11 is 3.39. The Labute approximate surface area is 123 Å². The maximum Gasteiger partial charge on any atom is 0.292 e. The van der Waals surface area contributed by atoms with Crippen molar-refractivity contribution in [1.82, 2.24) is 15.0 Å². The van der Waals surface area contributed by atoms with Crippen molar-refractivity contribution in [3.05, 3.63) is 40.8 Å². The minimum Gasteiger partial charge on any atom is -0.472 e. The smallest absolute Gasteiger partial charge is 0.292 e. The fourth-order valence-electron chi connectivity index (χ4n) is 2.11. The zero-order valence-electron chi connectivity index (χ0n) is 10.5. The molecular formula is C13H12BrN3O3. The van der Waals surface area contributed by atoms with E-state index in [1.165, 1.54) is 6.20 Å². The molecule has 1 atom stereocenters. The number of pyridine rings is 1. The number of hydrogen-bond donors (Lipinski definition) is 0. The molecule has 0 aliphatic carbocycles. The lowest BCUT2D eigenvalue weighted by molar-refractivity contribution is 0.0730. The third-order valence-corrected chi connectivity index (χ3v) is 3.69. The molecule has 20 heavy (non-hydrogen) atoms. The topological polar surface area (TPSA) is 68.5 Å². The fourth-order valence-corrected chi connectivity index (χ4v) is 2.46. The van der Waals surface area contributed by atoms with Crippen molar-refractivity contribution in [2.24, 2.45) is 0 Å². The summed E-state index contributed by atoms with van der Waals surface area (Å²) in [6, 6.07) is 5.26. The average molecular weight is 338 g/mol. The van der Waals surface area contributed by atoms with Crippen LogP contribution in [0.3, 0.4) is 0 Å². The summed E-state index contributed by atoms with van der Waals surface area (Å²) in [7, 11) is 0. The van der Waals surface area contributed by atoms with Crippen LogP contribution in [0.15, 0.2) is 39.6 Å². The molecule has 1 fully saturated rings. The van der Waals surface area contributed by atoms with Crippen LogP contribution in [-0.4, -0.2) is 40.1 Å². The third kappa shape index (κ3) is 2.67. The summed E-state index contributed by atoms with van der Waals surface area (Å²) in [5.74, 6) is 0.643. The van der Waals surface area contributed by atoms with E-state index in [0.29, 0.717) is 19.0 Å². The molecule has 3 rings (SSSR count). The maximum absolute atomic E-state index is 12.1. The number of carbonyl (C=O) groups is 1. The largest absolute Gasteiger partial charge is 0.472 e. The number of halogens is 1. The number of amides is 1. The zero-order chi connectivity index (χ0) is 13.9. The Bertz CT molecular complexity index is 603. The molecule has 0 bridgehead atoms. The van der Waals surface area contributed by atoms with Crippen LogP contribution in [0.4, 0.5) is 0 Å². The lowest BCUT2D eigenvalue weighted by atomic mass is 10.3. The zero-order valence-corrected chi connectivity index (χ0v) is 12.1. The minimum atomic E-state index is -0.159. The van der Waals surface area contributed by atoms with Crippen LogP contribution in [0, 0.1) is 0 Å². The van der Waals surface area contributed by atoms with Gasteiger partial charge in [-0.3, -0.25) is 4.79 Å².